The summed E-state index contributed by atoms with van der Waals surface area (Å²) in [6, 6.07) is 8.97. The fourth-order valence-electron chi connectivity index (χ4n) is 3.21. The van der Waals surface area contributed by atoms with Crippen LogP contribution in [0.5, 0.6) is 0 Å². The van der Waals surface area contributed by atoms with Crippen molar-refractivity contribution in [3.05, 3.63) is 42.0 Å². The summed E-state index contributed by atoms with van der Waals surface area (Å²) in [5.74, 6) is 0.199. The second-order valence-corrected chi connectivity index (χ2v) is 6.29. The number of hydrogen-bond acceptors (Lipinski definition) is 6. The van der Waals surface area contributed by atoms with Gasteiger partial charge in [0.25, 0.3) is 0 Å². The van der Waals surface area contributed by atoms with Gasteiger partial charge in [0.15, 0.2) is 17.5 Å². The first-order chi connectivity index (χ1) is 12.6. The van der Waals surface area contributed by atoms with Crippen LogP contribution in [0.1, 0.15) is 24.4 Å². The molecule has 7 nitrogen and oxygen atoms in total. The van der Waals surface area contributed by atoms with Crippen LogP contribution in [0.2, 0.25) is 0 Å². The maximum absolute atomic E-state index is 15.3. The Balaban J connectivity index is 1.72. The second kappa shape index (κ2) is 6.08. The molecule has 0 aromatic carbocycles. The summed E-state index contributed by atoms with van der Waals surface area (Å²) in [6.45, 7) is 0.556. The molecule has 0 saturated carbocycles. The van der Waals surface area contributed by atoms with Gasteiger partial charge in [0.2, 0.25) is 0 Å². The lowest BCUT2D eigenvalue weighted by Gasteiger charge is -2.32. The highest BCUT2D eigenvalue weighted by molar-refractivity contribution is 5.75. The number of fused-ring (bicyclic) bond motifs is 1. The molecule has 1 aliphatic rings. The predicted octanol–water partition coefficient (Wildman–Crippen LogP) is 2.63. The van der Waals surface area contributed by atoms with E-state index in [0.717, 1.165) is 5.56 Å². The molecule has 1 saturated heterocycles. The number of likely N-dealkylation sites (tertiary alicyclic amines) is 1. The number of imidazole rings is 1. The van der Waals surface area contributed by atoms with Crippen LogP contribution in [0.15, 0.2) is 30.5 Å². The van der Waals surface area contributed by atoms with Crippen LogP contribution in [0.3, 0.4) is 0 Å². The lowest BCUT2D eigenvalue weighted by molar-refractivity contribution is 0.0627. The monoisotopic (exact) mass is 347 g/mol. The summed E-state index contributed by atoms with van der Waals surface area (Å²) in [5, 5.41) is 18.0. The molecule has 3 aromatic heterocycles. The number of alkyl halides is 1. The van der Waals surface area contributed by atoms with Gasteiger partial charge in [0.05, 0.1) is 17.8 Å². The van der Waals surface area contributed by atoms with Crippen molar-refractivity contribution in [2.24, 2.45) is 0 Å². The van der Waals surface area contributed by atoms with E-state index in [1.165, 1.54) is 4.90 Å². The van der Waals surface area contributed by atoms with Crippen LogP contribution in [0, 0.1) is 22.8 Å². The van der Waals surface area contributed by atoms with Gasteiger partial charge in [-0.25, -0.2) is 19.3 Å². The molecule has 1 aliphatic heterocycles. The molecule has 4 rings (SSSR count). The van der Waals surface area contributed by atoms with E-state index in [9.17, 15) is 0 Å². The Bertz CT molecular complexity index is 1060. The zero-order chi connectivity index (χ0) is 18.1. The topological polar surface area (TPSA) is 105 Å². The molecule has 1 atom stereocenters. The van der Waals surface area contributed by atoms with Crippen LogP contribution < -0.4 is 0 Å². The van der Waals surface area contributed by atoms with Gasteiger partial charge in [0.1, 0.15) is 17.6 Å². The maximum Gasteiger partial charge on any atom is 0.186 e. The Morgan fingerprint density at radius 2 is 2.12 bits per heavy atom. The molecule has 1 fully saturated rings. The lowest BCUT2D eigenvalue weighted by atomic mass is 9.94. The minimum atomic E-state index is -1.69. The van der Waals surface area contributed by atoms with Crippen LogP contribution in [0.4, 0.5) is 4.39 Å². The maximum atomic E-state index is 15.3. The molecule has 0 radical (unpaired) electrons. The molecule has 0 spiro atoms. The van der Waals surface area contributed by atoms with E-state index >= 15 is 4.39 Å². The summed E-state index contributed by atoms with van der Waals surface area (Å²) in [7, 11) is 0. The van der Waals surface area contributed by atoms with E-state index in [1.807, 2.05) is 12.3 Å². The number of nitrogens with zero attached hydrogens (tertiary/aromatic N) is 6. The van der Waals surface area contributed by atoms with E-state index in [-0.39, 0.29) is 12.4 Å². The molecule has 128 valence electrons. The number of hydrogen-bond donors (Lipinski definition) is 1. The first kappa shape index (κ1) is 16.0. The zero-order valence-corrected chi connectivity index (χ0v) is 13.8. The van der Waals surface area contributed by atoms with Gasteiger partial charge in [0, 0.05) is 18.3 Å². The SMILES string of the molecule is N#Cc1cc(-c2ccc3[nH]c(C4(F)CCCN(C#N)C4)nc3n2)ccn1. The number of aromatic nitrogens is 4. The quantitative estimate of drug-likeness (QED) is 0.714. The smallest absolute Gasteiger partial charge is 0.186 e. The van der Waals surface area contributed by atoms with Crippen molar-refractivity contribution in [3.8, 4) is 23.5 Å². The van der Waals surface area contributed by atoms with Crippen molar-refractivity contribution < 1.29 is 4.39 Å². The molecule has 0 amide bonds. The number of nitriles is 2. The number of pyridine rings is 2. The van der Waals surface area contributed by atoms with Gasteiger partial charge >= 0.3 is 0 Å². The van der Waals surface area contributed by atoms with Crippen molar-refractivity contribution in [2.75, 3.05) is 13.1 Å². The third-order valence-corrected chi connectivity index (χ3v) is 4.52. The molecule has 3 aromatic rings. The third-order valence-electron chi connectivity index (χ3n) is 4.52. The highest BCUT2D eigenvalue weighted by Crippen LogP contribution is 2.34. The van der Waals surface area contributed by atoms with Crippen molar-refractivity contribution in [2.45, 2.75) is 18.5 Å². The fourth-order valence-corrected chi connectivity index (χ4v) is 3.21. The number of rotatable bonds is 2. The summed E-state index contributed by atoms with van der Waals surface area (Å²) in [4.78, 5) is 17.2. The minimum absolute atomic E-state index is 0.00787. The fraction of sp³-hybridized carbons (Fsp3) is 0.278. The number of halogens is 1. The third kappa shape index (κ3) is 2.72. The minimum Gasteiger partial charge on any atom is -0.338 e. The van der Waals surface area contributed by atoms with Crippen LogP contribution in [-0.4, -0.2) is 37.9 Å². The number of nitrogens with one attached hydrogen (secondary N) is 1. The highest BCUT2D eigenvalue weighted by atomic mass is 19.1. The number of aromatic amines is 1. The van der Waals surface area contributed by atoms with Gasteiger partial charge < -0.3 is 9.88 Å². The average molecular weight is 347 g/mol. The number of piperidine rings is 1. The Morgan fingerprint density at radius 1 is 1.23 bits per heavy atom. The molecule has 0 bridgehead atoms. The second-order valence-electron chi connectivity index (χ2n) is 6.29. The Hall–Kier alpha value is -3.52. The standard InChI is InChI=1S/C18H14FN7/c19-18(5-1-7-26(10-18)11-21)17-24-15-3-2-14(23-16(15)25-17)12-4-6-22-13(8-12)9-20/h2-4,6,8H,1,5,7,10H2,(H,23,24,25). The Kier molecular flexibility index (Phi) is 3.74. The molecule has 1 unspecified atom stereocenters. The largest absolute Gasteiger partial charge is 0.338 e. The van der Waals surface area contributed by atoms with Gasteiger partial charge in [-0.15, -0.1) is 0 Å². The summed E-state index contributed by atoms with van der Waals surface area (Å²) in [6.07, 6.45) is 4.46. The highest BCUT2D eigenvalue weighted by Gasteiger charge is 2.40. The number of H-pyrrole nitrogens is 1. The first-order valence-electron chi connectivity index (χ1n) is 8.19. The van der Waals surface area contributed by atoms with Crippen LogP contribution in [-0.2, 0) is 5.67 Å². The Morgan fingerprint density at radius 3 is 2.92 bits per heavy atom. The zero-order valence-electron chi connectivity index (χ0n) is 13.8. The van der Waals surface area contributed by atoms with Crippen molar-refractivity contribution in [1.29, 1.82) is 10.5 Å². The summed E-state index contributed by atoms with van der Waals surface area (Å²) < 4.78 is 15.3. The van der Waals surface area contributed by atoms with E-state index in [0.29, 0.717) is 41.9 Å². The summed E-state index contributed by atoms with van der Waals surface area (Å²) in [5.41, 5.74) is 1.01. The van der Waals surface area contributed by atoms with E-state index in [1.54, 1.807) is 30.5 Å². The summed E-state index contributed by atoms with van der Waals surface area (Å²) >= 11 is 0. The molecule has 4 heterocycles. The molecular formula is C18H14FN7. The van der Waals surface area contributed by atoms with Gasteiger partial charge in [-0.1, -0.05) is 0 Å². The van der Waals surface area contributed by atoms with E-state index in [4.69, 9.17) is 10.5 Å². The molecular weight excluding hydrogens is 333 g/mol. The lowest BCUT2D eigenvalue weighted by Crippen LogP contribution is -2.41. The average Bonchev–Trinajstić information content (AvgIpc) is 3.12. The van der Waals surface area contributed by atoms with Crippen molar-refractivity contribution in [1.82, 2.24) is 24.8 Å². The Labute approximate surface area is 148 Å². The van der Waals surface area contributed by atoms with E-state index < -0.39 is 5.67 Å². The first-order valence-corrected chi connectivity index (χ1v) is 8.19. The molecule has 8 heteroatoms. The molecule has 0 aliphatic carbocycles. The van der Waals surface area contributed by atoms with Crippen molar-refractivity contribution >= 4 is 11.2 Å². The molecule has 26 heavy (non-hydrogen) atoms. The predicted molar refractivity (Wildman–Crippen MR) is 91.0 cm³/mol. The van der Waals surface area contributed by atoms with Crippen LogP contribution in [0.25, 0.3) is 22.4 Å². The van der Waals surface area contributed by atoms with Gasteiger partial charge in [-0.05, 0) is 37.1 Å². The normalized spacial score (nSPS) is 19.9. The molecule has 1 N–H and O–H groups in total. The van der Waals surface area contributed by atoms with Crippen LogP contribution >= 0.6 is 0 Å². The van der Waals surface area contributed by atoms with Gasteiger partial charge in [-0.3, -0.25) is 0 Å². The van der Waals surface area contributed by atoms with Gasteiger partial charge in [-0.2, -0.15) is 10.5 Å². The van der Waals surface area contributed by atoms with E-state index in [2.05, 4.69) is 19.9 Å². The van der Waals surface area contributed by atoms with Crippen molar-refractivity contribution in [3.63, 3.8) is 0 Å².